The second-order valence-corrected chi connectivity index (χ2v) is 4.32. The fraction of sp³-hybridized carbons (Fsp3) is 0. The molecule has 0 saturated heterocycles. The van der Waals surface area contributed by atoms with Crippen LogP contribution in [0.25, 0.3) is 0 Å². The highest BCUT2D eigenvalue weighted by molar-refractivity contribution is 9.10. The van der Waals surface area contributed by atoms with Crippen LogP contribution >= 0.6 is 27.5 Å². The Hall–Kier alpha value is -1.64. The van der Waals surface area contributed by atoms with Crippen molar-refractivity contribution in [1.29, 1.82) is 5.26 Å². The second kappa shape index (κ2) is 5.13. The summed E-state index contributed by atoms with van der Waals surface area (Å²) in [5, 5.41) is 9.01. The maximum Gasteiger partial charge on any atom is 0.239 e. The summed E-state index contributed by atoms with van der Waals surface area (Å²) in [6.45, 7) is 0. The standard InChI is InChI=1S/C11H5BrClN3O/c12-8-3-9(6-15-5-8)17-11-10(13)7(4-14)1-2-16-11/h1-3,5-6H. The summed E-state index contributed by atoms with van der Waals surface area (Å²) < 4.78 is 6.23. The van der Waals surface area contributed by atoms with Crippen LogP contribution in [0.3, 0.4) is 0 Å². The summed E-state index contributed by atoms with van der Waals surface area (Å²) in [5.41, 5.74) is 0.319. The monoisotopic (exact) mass is 309 g/mol. The first kappa shape index (κ1) is 11.8. The van der Waals surface area contributed by atoms with Crippen LogP contribution in [-0.2, 0) is 0 Å². The summed E-state index contributed by atoms with van der Waals surface area (Å²) in [5.74, 6) is 0.675. The molecule has 2 heterocycles. The maximum atomic E-state index is 8.82. The lowest BCUT2D eigenvalue weighted by atomic mass is 10.3. The van der Waals surface area contributed by atoms with Crippen molar-refractivity contribution in [3.05, 3.63) is 45.8 Å². The van der Waals surface area contributed by atoms with Gasteiger partial charge in [0.15, 0.2) is 0 Å². The number of halogens is 2. The van der Waals surface area contributed by atoms with E-state index >= 15 is 0 Å². The number of nitrogens with zero attached hydrogens (tertiary/aromatic N) is 3. The molecule has 0 aliphatic heterocycles. The topological polar surface area (TPSA) is 58.8 Å². The molecule has 0 aliphatic rings. The van der Waals surface area contributed by atoms with Crippen molar-refractivity contribution < 1.29 is 4.74 Å². The van der Waals surface area contributed by atoms with Gasteiger partial charge >= 0.3 is 0 Å². The third kappa shape index (κ3) is 2.73. The van der Waals surface area contributed by atoms with Gasteiger partial charge in [0.05, 0.1) is 11.8 Å². The van der Waals surface area contributed by atoms with Gasteiger partial charge in [-0.1, -0.05) is 11.6 Å². The van der Waals surface area contributed by atoms with Gasteiger partial charge in [0.1, 0.15) is 16.8 Å². The van der Waals surface area contributed by atoms with Gasteiger partial charge in [-0.25, -0.2) is 4.98 Å². The number of nitriles is 1. The Morgan fingerprint density at radius 2 is 2.24 bits per heavy atom. The van der Waals surface area contributed by atoms with Crippen molar-refractivity contribution in [2.24, 2.45) is 0 Å². The molecule has 2 rings (SSSR count). The Bertz CT molecular complexity index is 598. The molecule has 0 bridgehead atoms. The molecule has 0 N–H and O–H groups in total. The van der Waals surface area contributed by atoms with E-state index in [1.165, 1.54) is 18.5 Å². The van der Waals surface area contributed by atoms with E-state index < -0.39 is 0 Å². The van der Waals surface area contributed by atoms with E-state index in [4.69, 9.17) is 21.6 Å². The predicted octanol–water partition coefficient (Wildman–Crippen LogP) is 3.56. The average molecular weight is 311 g/mol. The highest BCUT2D eigenvalue weighted by Gasteiger charge is 2.09. The van der Waals surface area contributed by atoms with Crippen LogP contribution in [0.4, 0.5) is 0 Å². The highest BCUT2D eigenvalue weighted by atomic mass is 79.9. The number of hydrogen-bond donors (Lipinski definition) is 0. The molecule has 0 saturated carbocycles. The van der Waals surface area contributed by atoms with Crippen molar-refractivity contribution in [2.45, 2.75) is 0 Å². The smallest absolute Gasteiger partial charge is 0.239 e. The molecule has 0 radical (unpaired) electrons. The fourth-order valence-corrected chi connectivity index (χ4v) is 1.68. The van der Waals surface area contributed by atoms with Crippen molar-refractivity contribution >= 4 is 27.5 Å². The van der Waals surface area contributed by atoms with E-state index in [1.54, 1.807) is 12.3 Å². The van der Waals surface area contributed by atoms with Crippen molar-refractivity contribution in [3.8, 4) is 17.7 Å². The summed E-state index contributed by atoms with van der Waals surface area (Å²) in [7, 11) is 0. The first-order chi connectivity index (χ1) is 8.20. The summed E-state index contributed by atoms with van der Waals surface area (Å²) >= 11 is 9.23. The van der Waals surface area contributed by atoms with Gasteiger partial charge in [0.2, 0.25) is 5.88 Å². The van der Waals surface area contributed by atoms with E-state index in [1.807, 2.05) is 6.07 Å². The number of aromatic nitrogens is 2. The van der Waals surface area contributed by atoms with Crippen LogP contribution in [0.1, 0.15) is 5.56 Å². The lowest BCUT2D eigenvalue weighted by molar-refractivity contribution is 0.460. The lowest BCUT2D eigenvalue weighted by Crippen LogP contribution is -1.91. The first-order valence-electron chi connectivity index (χ1n) is 4.53. The summed E-state index contributed by atoms with van der Waals surface area (Å²) in [6, 6.07) is 5.20. The largest absolute Gasteiger partial charge is 0.436 e. The van der Waals surface area contributed by atoms with Gasteiger partial charge in [-0.3, -0.25) is 4.98 Å². The molecule has 0 spiro atoms. The van der Waals surface area contributed by atoms with E-state index in [0.717, 1.165) is 4.47 Å². The summed E-state index contributed by atoms with van der Waals surface area (Å²) in [6.07, 6.45) is 4.63. The van der Waals surface area contributed by atoms with Crippen LogP contribution in [0, 0.1) is 11.3 Å². The van der Waals surface area contributed by atoms with Crippen LogP contribution in [0.5, 0.6) is 11.6 Å². The quantitative estimate of drug-likeness (QED) is 0.851. The normalized spacial score (nSPS) is 9.71. The van der Waals surface area contributed by atoms with Crippen molar-refractivity contribution in [1.82, 2.24) is 9.97 Å². The zero-order chi connectivity index (χ0) is 12.3. The third-order valence-corrected chi connectivity index (χ3v) is 2.67. The average Bonchev–Trinajstić information content (AvgIpc) is 2.32. The van der Waals surface area contributed by atoms with Gasteiger partial charge in [0.25, 0.3) is 0 Å². The Kier molecular flexibility index (Phi) is 3.57. The number of rotatable bonds is 2. The Labute approximate surface area is 111 Å². The molecule has 0 atom stereocenters. The minimum absolute atomic E-state index is 0.186. The summed E-state index contributed by atoms with van der Waals surface area (Å²) in [4.78, 5) is 7.91. The highest BCUT2D eigenvalue weighted by Crippen LogP contribution is 2.29. The third-order valence-electron chi connectivity index (χ3n) is 1.87. The number of hydrogen-bond acceptors (Lipinski definition) is 4. The van der Waals surface area contributed by atoms with E-state index in [2.05, 4.69) is 25.9 Å². The van der Waals surface area contributed by atoms with Gasteiger partial charge in [0, 0.05) is 16.9 Å². The van der Waals surface area contributed by atoms with E-state index in [0.29, 0.717) is 11.3 Å². The van der Waals surface area contributed by atoms with Gasteiger partial charge < -0.3 is 4.74 Å². The zero-order valence-electron chi connectivity index (χ0n) is 8.39. The first-order valence-corrected chi connectivity index (χ1v) is 5.71. The molecule has 6 heteroatoms. The van der Waals surface area contributed by atoms with Crippen LogP contribution in [0.2, 0.25) is 5.02 Å². The van der Waals surface area contributed by atoms with Gasteiger partial charge in [-0.05, 0) is 28.1 Å². The zero-order valence-corrected chi connectivity index (χ0v) is 10.7. The minimum Gasteiger partial charge on any atom is -0.436 e. The number of pyridine rings is 2. The van der Waals surface area contributed by atoms with Crippen molar-refractivity contribution in [2.75, 3.05) is 0 Å². The van der Waals surface area contributed by atoms with Crippen LogP contribution < -0.4 is 4.74 Å². The Morgan fingerprint density at radius 3 is 2.94 bits per heavy atom. The maximum absolute atomic E-state index is 8.82. The molecule has 4 nitrogen and oxygen atoms in total. The molecule has 0 amide bonds. The molecule has 2 aromatic rings. The SMILES string of the molecule is N#Cc1ccnc(Oc2cncc(Br)c2)c1Cl. The second-order valence-electron chi connectivity index (χ2n) is 3.03. The predicted molar refractivity (Wildman–Crippen MR) is 66.0 cm³/mol. The van der Waals surface area contributed by atoms with Gasteiger partial charge in [-0.2, -0.15) is 5.26 Å². The van der Waals surface area contributed by atoms with E-state index in [9.17, 15) is 0 Å². The number of ether oxygens (including phenoxy) is 1. The molecule has 0 aromatic carbocycles. The molecule has 0 aliphatic carbocycles. The van der Waals surface area contributed by atoms with Crippen molar-refractivity contribution in [3.63, 3.8) is 0 Å². The molecular formula is C11H5BrClN3O. The molecule has 84 valence electrons. The molecule has 0 fully saturated rings. The Morgan fingerprint density at radius 1 is 1.41 bits per heavy atom. The molecule has 17 heavy (non-hydrogen) atoms. The molecule has 2 aromatic heterocycles. The Balaban J connectivity index is 2.34. The van der Waals surface area contributed by atoms with Crippen LogP contribution in [0.15, 0.2) is 35.2 Å². The van der Waals surface area contributed by atoms with Crippen LogP contribution in [-0.4, -0.2) is 9.97 Å². The van der Waals surface area contributed by atoms with E-state index in [-0.39, 0.29) is 10.9 Å². The molecule has 0 unspecified atom stereocenters. The lowest BCUT2D eigenvalue weighted by Gasteiger charge is -2.06. The minimum atomic E-state index is 0.186. The molecular weight excluding hydrogens is 305 g/mol. The fourth-order valence-electron chi connectivity index (χ4n) is 1.14. The van der Waals surface area contributed by atoms with Gasteiger partial charge in [-0.15, -0.1) is 0 Å².